The third-order valence-electron chi connectivity index (χ3n) is 4.06. The van der Waals surface area contributed by atoms with E-state index in [0.29, 0.717) is 17.5 Å². The highest BCUT2D eigenvalue weighted by Crippen LogP contribution is 2.30. The second kappa shape index (κ2) is 5.52. The van der Waals surface area contributed by atoms with E-state index >= 15 is 0 Å². The number of rotatable bonds is 4. The highest BCUT2D eigenvalue weighted by atomic mass is 16.3. The van der Waals surface area contributed by atoms with Crippen LogP contribution >= 0.6 is 0 Å². The standard InChI is InChI=1S/C13H19N5O/c19-6-10-4-2-1-3-9(10)5-14-12-11-13(16-7-15-11)18-8-17-12/h7-10,19H,1-6H2,(H2,14,15,16,17,18). The first-order valence-electron chi connectivity index (χ1n) is 6.87. The molecule has 3 N–H and O–H groups in total. The second-order valence-electron chi connectivity index (χ2n) is 5.19. The molecule has 2 unspecified atom stereocenters. The van der Waals surface area contributed by atoms with Gasteiger partial charge in [0.05, 0.1) is 6.33 Å². The summed E-state index contributed by atoms with van der Waals surface area (Å²) < 4.78 is 0. The lowest BCUT2D eigenvalue weighted by molar-refractivity contribution is 0.141. The minimum absolute atomic E-state index is 0.287. The van der Waals surface area contributed by atoms with Gasteiger partial charge in [-0.15, -0.1) is 0 Å². The first-order chi connectivity index (χ1) is 9.38. The van der Waals surface area contributed by atoms with Crippen molar-refractivity contribution >= 4 is 17.0 Å². The maximum atomic E-state index is 9.43. The molecule has 1 aliphatic carbocycles. The fourth-order valence-electron chi connectivity index (χ4n) is 2.92. The highest BCUT2D eigenvalue weighted by molar-refractivity contribution is 5.81. The Morgan fingerprint density at radius 1 is 1.21 bits per heavy atom. The van der Waals surface area contributed by atoms with Crippen molar-refractivity contribution in [3.8, 4) is 0 Å². The number of aromatic amines is 1. The molecule has 0 spiro atoms. The third kappa shape index (κ3) is 2.53. The number of aliphatic hydroxyl groups is 1. The van der Waals surface area contributed by atoms with Crippen LogP contribution in [0, 0.1) is 11.8 Å². The fourth-order valence-corrected chi connectivity index (χ4v) is 2.92. The third-order valence-corrected chi connectivity index (χ3v) is 4.06. The van der Waals surface area contributed by atoms with Gasteiger partial charge in [-0.25, -0.2) is 15.0 Å². The molecule has 0 saturated heterocycles. The lowest BCUT2D eigenvalue weighted by atomic mass is 9.79. The second-order valence-corrected chi connectivity index (χ2v) is 5.19. The molecule has 0 amide bonds. The quantitative estimate of drug-likeness (QED) is 0.777. The zero-order valence-electron chi connectivity index (χ0n) is 10.8. The van der Waals surface area contributed by atoms with E-state index in [1.54, 1.807) is 6.33 Å². The zero-order chi connectivity index (χ0) is 13.1. The van der Waals surface area contributed by atoms with E-state index in [-0.39, 0.29) is 6.61 Å². The predicted octanol–water partition coefficient (Wildman–Crippen LogP) is 1.56. The predicted molar refractivity (Wildman–Crippen MR) is 72.7 cm³/mol. The minimum Gasteiger partial charge on any atom is -0.396 e. The molecule has 1 aliphatic rings. The summed E-state index contributed by atoms with van der Waals surface area (Å²) in [5.74, 6) is 1.73. The first-order valence-corrected chi connectivity index (χ1v) is 6.87. The molecule has 1 saturated carbocycles. The average molecular weight is 261 g/mol. The Morgan fingerprint density at radius 3 is 2.89 bits per heavy atom. The number of imidazole rings is 1. The molecule has 6 nitrogen and oxygen atoms in total. The van der Waals surface area contributed by atoms with Crippen LogP contribution in [0.25, 0.3) is 11.2 Å². The smallest absolute Gasteiger partial charge is 0.182 e. The van der Waals surface area contributed by atoms with Gasteiger partial charge in [0.1, 0.15) is 11.8 Å². The maximum Gasteiger partial charge on any atom is 0.182 e. The monoisotopic (exact) mass is 261 g/mol. The summed E-state index contributed by atoms with van der Waals surface area (Å²) in [5.41, 5.74) is 1.53. The summed E-state index contributed by atoms with van der Waals surface area (Å²) in [7, 11) is 0. The molecule has 6 heteroatoms. The van der Waals surface area contributed by atoms with Crippen LogP contribution in [0.3, 0.4) is 0 Å². The molecule has 2 heterocycles. The van der Waals surface area contributed by atoms with Crippen molar-refractivity contribution in [1.82, 2.24) is 19.9 Å². The molecular weight excluding hydrogens is 242 g/mol. The van der Waals surface area contributed by atoms with Crippen LogP contribution in [0.4, 0.5) is 5.82 Å². The number of aliphatic hydroxyl groups excluding tert-OH is 1. The highest BCUT2D eigenvalue weighted by Gasteiger charge is 2.24. The van der Waals surface area contributed by atoms with Crippen LogP contribution in [-0.4, -0.2) is 38.2 Å². The molecule has 0 aliphatic heterocycles. The van der Waals surface area contributed by atoms with Gasteiger partial charge in [0, 0.05) is 13.2 Å². The van der Waals surface area contributed by atoms with Crippen LogP contribution in [0.5, 0.6) is 0 Å². The SMILES string of the molecule is OCC1CCCCC1CNc1ncnc2nc[nH]c12. The molecule has 2 atom stereocenters. The minimum atomic E-state index is 0.287. The van der Waals surface area contributed by atoms with Crippen molar-refractivity contribution in [3.05, 3.63) is 12.7 Å². The number of aromatic nitrogens is 4. The molecule has 2 aromatic heterocycles. The largest absolute Gasteiger partial charge is 0.396 e. The van der Waals surface area contributed by atoms with Crippen molar-refractivity contribution in [2.24, 2.45) is 11.8 Å². The van der Waals surface area contributed by atoms with E-state index < -0.39 is 0 Å². The Kier molecular flexibility index (Phi) is 3.59. The Morgan fingerprint density at radius 2 is 2.05 bits per heavy atom. The Hall–Kier alpha value is -1.69. The molecule has 3 rings (SSSR count). The Labute approximate surface area is 111 Å². The van der Waals surface area contributed by atoms with Gasteiger partial charge in [0.15, 0.2) is 11.5 Å². The van der Waals surface area contributed by atoms with Crippen LogP contribution in [0.2, 0.25) is 0 Å². The summed E-state index contributed by atoms with van der Waals surface area (Å²) in [6.07, 6.45) is 7.95. The lowest BCUT2D eigenvalue weighted by Gasteiger charge is -2.30. The normalized spacial score (nSPS) is 23.6. The summed E-state index contributed by atoms with van der Waals surface area (Å²) in [5, 5.41) is 12.8. The van der Waals surface area contributed by atoms with Crippen molar-refractivity contribution in [1.29, 1.82) is 0 Å². The van der Waals surface area contributed by atoms with E-state index in [4.69, 9.17) is 0 Å². The molecule has 0 aromatic carbocycles. The molecule has 2 aromatic rings. The number of nitrogens with one attached hydrogen (secondary N) is 2. The number of hydrogen-bond donors (Lipinski definition) is 3. The Bertz CT molecular complexity index is 541. The summed E-state index contributed by atoms with van der Waals surface area (Å²) in [6, 6.07) is 0. The van der Waals surface area contributed by atoms with Gasteiger partial charge in [-0.2, -0.15) is 0 Å². The van der Waals surface area contributed by atoms with Gasteiger partial charge in [0.25, 0.3) is 0 Å². The fraction of sp³-hybridized carbons (Fsp3) is 0.615. The summed E-state index contributed by atoms with van der Waals surface area (Å²) in [6.45, 7) is 1.13. The number of anilines is 1. The molecule has 102 valence electrons. The van der Waals surface area contributed by atoms with Gasteiger partial charge in [0.2, 0.25) is 0 Å². The first kappa shape index (κ1) is 12.3. The average Bonchev–Trinajstić information content (AvgIpc) is 2.94. The Balaban J connectivity index is 1.69. The van der Waals surface area contributed by atoms with Crippen LogP contribution in [0.1, 0.15) is 25.7 Å². The molecule has 0 radical (unpaired) electrons. The topological polar surface area (TPSA) is 86.7 Å². The van der Waals surface area contributed by atoms with Gasteiger partial charge >= 0.3 is 0 Å². The van der Waals surface area contributed by atoms with Gasteiger partial charge in [-0.3, -0.25) is 0 Å². The number of fused-ring (bicyclic) bond motifs is 1. The maximum absolute atomic E-state index is 9.43. The van der Waals surface area contributed by atoms with E-state index in [1.165, 1.54) is 25.6 Å². The van der Waals surface area contributed by atoms with Crippen LogP contribution in [-0.2, 0) is 0 Å². The zero-order valence-corrected chi connectivity index (χ0v) is 10.8. The van der Waals surface area contributed by atoms with Crippen molar-refractivity contribution < 1.29 is 5.11 Å². The lowest BCUT2D eigenvalue weighted by Crippen LogP contribution is -2.28. The number of nitrogens with zero attached hydrogens (tertiary/aromatic N) is 3. The van der Waals surface area contributed by atoms with E-state index in [2.05, 4.69) is 25.3 Å². The van der Waals surface area contributed by atoms with Crippen molar-refractivity contribution in [3.63, 3.8) is 0 Å². The van der Waals surface area contributed by atoms with Crippen molar-refractivity contribution in [2.45, 2.75) is 25.7 Å². The molecular formula is C13H19N5O. The summed E-state index contributed by atoms with van der Waals surface area (Å²) in [4.78, 5) is 15.5. The van der Waals surface area contributed by atoms with Crippen LogP contribution < -0.4 is 5.32 Å². The molecule has 0 bridgehead atoms. The van der Waals surface area contributed by atoms with E-state index in [9.17, 15) is 5.11 Å². The van der Waals surface area contributed by atoms with Gasteiger partial charge in [-0.05, 0) is 24.7 Å². The van der Waals surface area contributed by atoms with E-state index in [0.717, 1.165) is 24.3 Å². The molecule has 1 fully saturated rings. The van der Waals surface area contributed by atoms with Gasteiger partial charge < -0.3 is 15.4 Å². The summed E-state index contributed by atoms with van der Waals surface area (Å²) >= 11 is 0. The van der Waals surface area contributed by atoms with Crippen molar-refractivity contribution in [2.75, 3.05) is 18.5 Å². The number of H-pyrrole nitrogens is 1. The number of hydrogen-bond acceptors (Lipinski definition) is 5. The van der Waals surface area contributed by atoms with E-state index in [1.807, 2.05) is 0 Å². The molecule has 19 heavy (non-hydrogen) atoms. The van der Waals surface area contributed by atoms with Gasteiger partial charge in [-0.1, -0.05) is 12.8 Å². The van der Waals surface area contributed by atoms with Crippen LogP contribution in [0.15, 0.2) is 12.7 Å².